The summed E-state index contributed by atoms with van der Waals surface area (Å²) in [4.78, 5) is 2.64. The molecule has 1 nitrogen and oxygen atoms in total. The van der Waals surface area contributed by atoms with Gasteiger partial charge in [0, 0.05) is 22.2 Å². The van der Waals surface area contributed by atoms with Crippen LogP contribution in [0.15, 0.2) is 115 Å². The minimum absolute atomic E-state index is 0.111. The number of rotatable bonds is 3. The van der Waals surface area contributed by atoms with Crippen LogP contribution in [-0.4, -0.2) is 0 Å². The van der Waals surface area contributed by atoms with E-state index in [1.807, 2.05) is 0 Å². The summed E-state index contributed by atoms with van der Waals surface area (Å²) in [5.74, 6) is 3.33. The zero-order valence-corrected chi connectivity index (χ0v) is 26.6. The molecule has 5 aromatic carbocycles. The highest BCUT2D eigenvalue weighted by atomic mass is 15.1. The van der Waals surface area contributed by atoms with E-state index in [0.717, 1.165) is 23.7 Å². The van der Waals surface area contributed by atoms with Crippen molar-refractivity contribution in [2.45, 2.75) is 68.6 Å². The van der Waals surface area contributed by atoms with E-state index in [1.165, 1.54) is 97.1 Å². The molecule has 226 valence electrons. The maximum Gasteiger partial charge on any atom is 0.0509 e. The van der Waals surface area contributed by atoms with Gasteiger partial charge in [0.15, 0.2) is 0 Å². The fraction of sp³-hybridized carbons (Fsp3) is 0.333. The Kier molecular flexibility index (Phi) is 5.23. The first-order chi connectivity index (χ1) is 22.8. The first-order valence-corrected chi connectivity index (χ1v) is 18.1. The van der Waals surface area contributed by atoms with Crippen molar-refractivity contribution in [3.8, 4) is 22.3 Å². The van der Waals surface area contributed by atoms with E-state index in [4.69, 9.17) is 0 Å². The first kappa shape index (κ1) is 26.0. The lowest BCUT2D eigenvalue weighted by Crippen LogP contribution is -2.55. The Labute approximate surface area is 273 Å². The highest BCUT2D eigenvalue weighted by Gasteiger charge is 2.62. The van der Waals surface area contributed by atoms with Crippen LogP contribution in [-0.2, 0) is 10.8 Å². The van der Waals surface area contributed by atoms with Crippen molar-refractivity contribution in [2.75, 3.05) is 4.90 Å². The smallest absolute Gasteiger partial charge is 0.0509 e. The number of hydrogen-bond donors (Lipinski definition) is 0. The SMILES string of the molecule is c1ccc(N(c2ccc3c(c2)-c2ccccc2C32CCCC2)c2cccc3c2C2(c4ccccc4-3)C3CC4CC(C3)CC2C4)cc1. The lowest BCUT2D eigenvalue weighted by molar-refractivity contribution is -0.0397. The Balaban J connectivity index is 1.17. The topological polar surface area (TPSA) is 3.24 Å². The minimum Gasteiger partial charge on any atom is -0.310 e. The largest absolute Gasteiger partial charge is 0.310 e. The van der Waals surface area contributed by atoms with Crippen LogP contribution in [0.4, 0.5) is 17.1 Å². The van der Waals surface area contributed by atoms with Crippen LogP contribution in [0.2, 0.25) is 0 Å². The van der Waals surface area contributed by atoms with Crippen LogP contribution in [0.3, 0.4) is 0 Å². The van der Waals surface area contributed by atoms with Gasteiger partial charge in [-0.05, 0) is 143 Å². The van der Waals surface area contributed by atoms with Gasteiger partial charge in [-0.25, -0.2) is 0 Å². The van der Waals surface area contributed by atoms with Crippen LogP contribution in [0.25, 0.3) is 22.3 Å². The first-order valence-electron chi connectivity index (χ1n) is 18.1. The van der Waals surface area contributed by atoms with Crippen molar-refractivity contribution in [1.29, 1.82) is 0 Å². The molecule has 5 saturated carbocycles. The second-order valence-corrected chi connectivity index (χ2v) is 15.7. The summed E-state index contributed by atoms with van der Waals surface area (Å²) in [6, 6.07) is 44.9. The molecule has 5 aromatic rings. The average molecular weight is 596 g/mol. The third-order valence-electron chi connectivity index (χ3n) is 13.8. The van der Waals surface area contributed by atoms with Gasteiger partial charge in [-0.2, -0.15) is 0 Å². The summed E-state index contributed by atoms with van der Waals surface area (Å²) < 4.78 is 0. The van der Waals surface area contributed by atoms with Gasteiger partial charge in [-0.3, -0.25) is 0 Å². The summed E-state index contributed by atoms with van der Waals surface area (Å²) in [7, 11) is 0. The summed E-state index contributed by atoms with van der Waals surface area (Å²) in [6.45, 7) is 0. The van der Waals surface area contributed by atoms with E-state index in [1.54, 1.807) is 22.3 Å². The number of para-hydroxylation sites is 1. The Hall–Kier alpha value is -4.10. The Bertz CT molecular complexity index is 2000. The molecule has 0 radical (unpaired) electrons. The molecule has 7 aliphatic rings. The van der Waals surface area contributed by atoms with E-state index < -0.39 is 0 Å². The zero-order valence-electron chi connectivity index (χ0n) is 26.6. The van der Waals surface area contributed by atoms with Gasteiger partial charge in [-0.15, -0.1) is 0 Å². The lowest BCUT2D eigenvalue weighted by atomic mass is 9.43. The number of anilines is 3. The molecule has 0 amide bonds. The molecule has 0 aromatic heterocycles. The third-order valence-corrected chi connectivity index (χ3v) is 13.8. The van der Waals surface area contributed by atoms with Crippen molar-refractivity contribution in [1.82, 2.24) is 0 Å². The highest BCUT2D eigenvalue weighted by Crippen LogP contribution is 2.71. The molecule has 4 bridgehead atoms. The fourth-order valence-electron chi connectivity index (χ4n) is 12.5. The third kappa shape index (κ3) is 3.17. The second kappa shape index (κ2) is 9.25. The maximum absolute atomic E-state index is 2.64. The van der Waals surface area contributed by atoms with Gasteiger partial charge in [0.25, 0.3) is 0 Å². The van der Waals surface area contributed by atoms with Crippen molar-refractivity contribution in [3.63, 3.8) is 0 Å². The molecule has 0 N–H and O–H groups in total. The van der Waals surface area contributed by atoms with Gasteiger partial charge < -0.3 is 4.90 Å². The quantitative estimate of drug-likeness (QED) is 0.201. The highest BCUT2D eigenvalue weighted by molar-refractivity contribution is 5.93. The van der Waals surface area contributed by atoms with Gasteiger partial charge in [0.2, 0.25) is 0 Å². The molecule has 2 spiro atoms. The van der Waals surface area contributed by atoms with Crippen LogP contribution in [0.1, 0.15) is 80.0 Å². The Morgan fingerprint density at radius 2 is 1.09 bits per heavy atom. The van der Waals surface area contributed by atoms with E-state index in [0.29, 0.717) is 0 Å². The normalized spacial score (nSPS) is 28.3. The number of fused-ring (bicyclic) bond motifs is 8. The van der Waals surface area contributed by atoms with Crippen LogP contribution in [0, 0.1) is 23.7 Å². The number of hydrogen-bond acceptors (Lipinski definition) is 1. The fourth-order valence-corrected chi connectivity index (χ4v) is 12.5. The van der Waals surface area contributed by atoms with Gasteiger partial charge in [0.1, 0.15) is 0 Å². The molecule has 0 aliphatic heterocycles. The summed E-state index contributed by atoms with van der Waals surface area (Å²) >= 11 is 0. The molecule has 12 rings (SSSR count). The molecule has 7 aliphatic carbocycles. The summed E-state index contributed by atoms with van der Waals surface area (Å²) in [5.41, 5.74) is 16.5. The van der Waals surface area contributed by atoms with Gasteiger partial charge >= 0.3 is 0 Å². The average Bonchev–Trinajstić information content (AvgIpc) is 3.78. The summed E-state index contributed by atoms with van der Waals surface area (Å²) in [5, 5.41) is 0. The molecule has 0 atom stereocenters. The Morgan fingerprint density at radius 3 is 1.83 bits per heavy atom. The van der Waals surface area contributed by atoms with Crippen molar-refractivity contribution < 1.29 is 0 Å². The van der Waals surface area contributed by atoms with Gasteiger partial charge in [-0.1, -0.05) is 97.8 Å². The van der Waals surface area contributed by atoms with Crippen molar-refractivity contribution in [3.05, 3.63) is 138 Å². The molecule has 0 unspecified atom stereocenters. The van der Waals surface area contributed by atoms with Gasteiger partial charge in [0.05, 0.1) is 5.69 Å². The van der Waals surface area contributed by atoms with E-state index in [2.05, 4.69) is 120 Å². The molecular formula is C45H41N. The minimum atomic E-state index is 0.111. The molecule has 5 fully saturated rings. The van der Waals surface area contributed by atoms with E-state index in [9.17, 15) is 0 Å². The predicted octanol–water partition coefficient (Wildman–Crippen LogP) is 11.7. The van der Waals surface area contributed by atoms with E-state index >= 15 is 0 Å². The number of nitrogens with zero attached hydrogens (tertiary/aromatic N) is 1. The van der Waals surface area contributed by atoms with Crippen LogP contribution < -0.4 is 4.90 Å². The monoisotopic (exact) mass is 595 g/mol. The number of benzene rings is 5. The van der Waals surface area contributed by atoms with Crippen LogP contribution >= 0.6 is 0 Å². The standard InChI is InChI=1S/C45H41N/c1-2-11-33(12-3-1)46(34-19-20-40-38(28-34)36-14-4-6-16-39(36)44(40)21-8-9-22-44)42-18-10-15-37-35-13-5-7-17-41(35)45(43(37)42)31-24-29-23-30(26-31)27-32(45)25-29/h1-7,10-20,28-32H,8-9,21-27H2. The predicted molar refractivity (Wildman–Crippen MR) is 189 cm³/mol. The van der Waals surface area contributed by atoms with Crippen LogP contribution in [0.5, 0.6) is 0 Å². The molecule has 46 heavy (non-hydrogen) atoms. The molecule has 0 saturated heterocycles. The van der Waals surface area contributed by atoms with Crippen molar-refractivity contribution in [2.24, 2.45) is 23.7 Å². The molecule has 1 heteroatoms. The molecular weight excluding hydrogens is 555 g/mol. The van der Waals surface area contributed by atoms with E-state index in [-0.39, 0.29) is 10.8 Å². The second-order valence-electron chi connectivity index (χ2n) is 15.7. The summed E-state index contributed by atoms with van der Waals surface area (Å²) in [6.07, 6.45) is 12.3. The lowest BCUT2D eigenvalue weighted by Gasteiger charge is -2.61. The molecule has 0 heterocycles. The maximum atomic E-state index is 2.64. The van der Waals surface area contributed by atoms with Crippen molar-refractivity contribution >= 4 is 17.1 Å². The Morgan fingerprint density at radius 1 is 0.478 bits per heavy atom. The zero-order chi connectivity index (χ0) is 30.0.